The number of carbonyl (C=O) groups excluding carboxylic acids is 2. The number of amides is 3. The van der Waals surface area contributed by atoms with E-state index in [2.05, 4.69) is 5.32 Å². The molecule has 0 saturated carbocycles. The molecule has 2 fully saturated rings. The molecule has 18 heavy (non-hydrogen) atoms. The second-order valence-electron chi connectivity index (χ2n) is 4.30. The number of aliphatic hydroxyl groups excluding tert-OH is 2. The first kappa shape index (κ1) is 13.2. The van der Waals surface area contributed by atoms with Gasteiger partial charge < -0.3 is 19.7 Å². The zero-order chi connectivity index (χ0) is 13.3. The Morgan fingerprint density at radius 2 is 2.17 bits per heavy atom. The molecule has 2 saturated heterocycles. The van der Waals surface area contributed by atoms with E-state index in [1.807, 2.05) is 0 Å². The number of nitrogens with zero attached hydrogens (tertiary/aromatic N) is 1. The lowest BCUT2D eigenvalue weighted by molar-refractivity contribution is -0.125. The third-order valence-electron chi connectivity index (χ3n) is 3.06. The number of urea groups is 1. The lowest BCUT2D eigenvalue weighted by Crippen LogP contribution is -2.56. The standard InChI is InChI=1S/C10H16N2O6/c1-17-4-5-7(14)8(15)9(18-5)12-3-2-6(13)11-10(12)16/h5,7-9,14-15H,2-4H2,1H3,(H,11,13,16). The van der Waals surface area contributed by atoms with E-state index in [1.54, 1.807) is 0 Å². The second-order valence-corrected chi connectivity index (χ2v) is 4.30. The maximum atomic E-state index is 11.6. The van der Waals surface area contributed by atoms with Crippen LogP contribution in [0.25, 0.3) is 0 Å². The van der Waals surface area contributed by atoms with Gasteiger partial charge in [-0.15, -0.1) is 0 Å². The van der Waals surface area contributed by atoms with Gasteiger partial charge in [-0.05, 0) is 0 Å². The zero-order valence-corrected chi connectivity index (χ0v) is 9.91. The summed E-state index contributed by atoms with van der Waals surface area (Å²) < 4.78 is 10.3. The average molecular weight is 260 g/mol. The predicted molar refractivity (Wildman–Crippen MR) is 57.4 cm³/mol. The molecular weight excluding hydrogens is 244 g/mol. The largest absolute Gasteiger partial charge is 0.387 e. The van der Waals surface area contributed by atoms with Gasteiger partial charge in [0.2, 0.25) is 5.91 Å². The van der Waals surface area contributed by atoms with E-state index >= 15 is 0 Å². The summed E-state index contributed by atoms with van der Waals surface area (Å²) in [5.74, 6) is -0.363. The number of carbonyl (C=O) groups is 2. The molecule has 8 heteroatoms. The third kappa shape index (κ3) is 2.32. The highest BCUT2D eigenvalue weighted by molar-refractivity contribution is 5.96. The van der Waals surface area contributed by atoms with Crippen molar-refractivity contribution in [2.45, 2.75) is 31.0 Å². The molecule has 0 aromatic rings. The number of rotatable bonds is 3. The molecule has 0 aliphatic carbocycles. The molecule has 4 unspecified atom stereocenters. The van der Waals surface area contributed by atoms with Crippen molar-refractivity contribution in [3.05, 3.63) is 0 Å². The maximum absolute atomic E-state index is 11.6. The van der Waals surface area contributed by atoms with E-state index in [4.69, 9.17) is 9.47 Å². The molecule has 0 radical (unpaired) electrons. The van der Waals surface area contributed by atoms with Crippen molar-refractivity contribution >= 4 is 11.9 Å². The highest BCUT2D eigenvalue weighted by atomic mass is 16.6. The number of ether oxygens (including phenoxy) is 2. The van der Waals surface area contributed by atoms with Crippen LogP contribution in [0, 0.1) is 0 Å². The van der Waals surface area contributed by atoms with Crippen LogP contribution in [0.5, 0.6) is 0 Å². The number of aliphatic hydroxyl groups is 2. The fraction of sp³-hybridized carbons (Fsp3) is 0.800. The van der Waals surface area contributed by atoms with E-state index in [0.29, 0.717) is 0 Å². The molecule has 4 atom stereocenters. The van der Waals surface area contributed by atoms with Crippen molar-refractivity contribution in [2.75, 3.05) is 20.3 Å². The molecule has 2 aliphatic rings. The van der Waals surface area contributed by atoms with Gasteiger partial charge in [-0.1, -0.05) is 0 Å². The number of nitrogens with one attached hydrogen (secondary N) is 1. The number of hydrogen-bond donors (Lipinski definition) is 3. The molecule has 0 bridgehead atoms. The third-order valence-corrected chi connectivity index (χ3v) is 3.06. The summed E-state index contributed by atoms with van der Waals surface area (Å²) in [6, 6.07) is -0.624. The molecule has 0 aromatic carbocycles. The van der Waals surface area contributed by atoms with Crippen molar-refractivity contribution in [1.82, 2.24) is 10.2 Å². The van der Waals surface area contributed by atoms with Gasteiger partial charge in [0.05, 0.1) is 6.61 Å². The molecule has 2 aliphatic heterocycles. The molecule has 3 N–H and O–H groups in total. The summed E-state index contributed by atoms with van der Waals surface area (Å²) in [7, 11) is 1.45. The first-order valence-corrected chi connectivity index (χ1v) is 5.65. The van der Waals surface area contributed by atoms with E-state index in [-0.39, 0.29) is 25.5 Å². The van der Waals surface area contributed by atoms with Gasteiger partial charge in [-0.3, -0.25) is 15.0 Å². The first-order chi connectivity index (χ1) is 8.54. The minimum atomic E-state index is -1.22. The van der Waals surface area contributed by atoms with Crippen LogP contribution in [-0.2, 0) is 14.3 Å². The normalized spacial score (nSPS) is 36.9. The van der Waals surface area contributed by atoms with Crippen LogP contribution in [0.15, 0.2) is 0 Å². The monoisotopic (exact) mass is 260 g/mol. The van der Waals surface area contributed by atoms with Gasteiger partial charge in [0, 0.05) is 20.1 Å². The zero-order valence-electron chi connectivity index (χ0n) is 9.91. The fourth-order valence-corrected chi connectivity index (χ4v) is 2.11. The van der Waals surface area contributed by atoms with Gasteiger partial charge >= 0.3 is 6.03 Å². The quantitative estimate of drug-likeness (QED) is 0.543. The van der Waals surface area contributed by atoms with Crippen LogP contribution in [0.4, 0.5) is 4.79 Å². The average Bonchev–Trinajstić information content (AvgIpc) is 2.58. The summed E-state index contributed by atoms with van der Waals surface area (Å²) in [6.45, 7) is 0.266. The summed E-state index contributed by atoms with van der Waals surface area (Å²) in [6.07, 6.45) is -3.86. The Balaban J connectivity index is 2.05. The van der Waals surface area contributed by atoms with Gasteiger partial charge in [0.15, 0.2) is 6.23 Å². The Bertz CT molecular complexity index is 349. The molecule has 2 rings (SSSR count). The van der Waals surface area contributed by atoms with Crippen LogP contribution in [0.2, 0.25) is 0 Å². The predicted octanol–water partition coefficient (Wildman–Crippen LogP) is -1.98. The van der Waals surface area contributed by atoms with Crippen molar-refractivity contribution in [1.29, 1.82) is 0 Å². The molecule has 0 aromatic heterocycles. The molecule has 0 spiro atoms. The van der Waals surface area contributed by atoms with Crippen molar-refractivity contribution in [3.8, 4) is 0 Å². The van der Waals surface area contributed by atoms with Crippen LogP contribution in [0.3, 0.4) is 0 Å². The lowest BCUT2D eigenvalue weighted by Gasteiger charge is -2.32. The van der Waals surface area contributed by atoms with Crippen LogP contribution < -0.4 is 5.32 Å². The Morgan fingerprint density at radius 1 is 1.44 bits per heavy atom. The first-order valence-electron chi connectivity index (χ1n) is 5.65. The molecule has 2 heterocycles. The smallest absolute Gasteiger partial charge is 0.326 e. The van der Waals surface area contributed by atoms with E-state index in [9.17, 15) is 19.8 Å². The van der Waals surface area contributed by atoms with Crippen molar-refractivity contribution in [3.63, 3.8) is 0 Å². The summed E-state index contributed by atoms with van der Waals surface area (Å²) >= 11 is 0. The lowest BCUT2D eigenvalue weighted by atomic mass is 10.1. The van der Waals surface area contributed by atoms with E-state index in [0.717, 1.165) is 0 Å². The Labute approximate surface area is 103 Å². The van der Waals surface area contributed by atoms with Gasteiger partial charge in [0.1, 0.15) is 18.3 Å². The Morgan fingerprint density at radius 3 is 2.78 bits per heavy atom. The van der Waals surface area contributed by atoms with Crippen molar-refractivity contribution in [2.24, 2.45) is 0 Å². The highest BCUT2D eigenvalue weighted by Crippen LogP contribution is 2.25. The molecule has 102 valence electrons. The minimum absolute atomic E-state index is 0.114. The molecular formula is C10H16N2O6. The van der Waals surface area contributed by atoms with Crippen LogP contribution in [0.1, 0.15) is 6.42 Å². The van der Waals surface area contributed by atoms with Crippen molar-refractivity contribution < 1.29 is 29.3 Å². The summed E-state index contributed by atoms with van der Waals surface area (Å²) in [4.78, 5) is 23.8. The Hall–Kier alpha value is -1.22. The molecule has 3 amide bonds. The van der Waals surface area contributed by atoms with Gasteiger partial charge in [0.25, 0.3) is 0 Å². The summed E-state index contributed by atoms with van der Waals surface area (Å²) in [5.41, 5.74) is 0. The van der Waals surface area contributed by atoms with Crippen LogP contribution in [-0.4, -0.2) is 71.9 Å². The minimum Gasteiger partial charge on any atom is -0.387 e. The fourth-order valence-electron chi connectivity index (χ4n) is 2.11. The number of methoxy groups -OCH3 is 1. The van der Waals surface area contributed by atoms with Crippen LogP contribution >= 0.6 is 0 Å². The molecule has 8 nitrogen and oxygen atoms in total. The van der Waals surface area contributed by atoms with Gasteiger partial charge in [-0.2, -0.15) is 0 Å². The Kier molecular flexibility index (Phi) is 3.81. The number of hydrogen-bond acceptors (Lipinski definition) is 6. The summed E-state index contributed by atoms with van der Waals surface area (Å²) in [5, 5.41) is 21.7. The topological polar surface area (TPSA) is 108 Å². The maximum Gasteiger partial charge on any atom is 0.326 e. The van der Waals surface area contributed by atoms with E-state index in [1.165, 1.54) is 12.0 Å². The van der Waals surface area contributed by atoms with Gasteiger partial charge in [-0.25, -0.2) is 4.79 Å². The second kappa shape index (κ2) is 5.19. The number of imide groups is 1. The van der Waals surface area contributed by atoms with E-state index < -0.39 is 30.6 Å². The highest BCUT2D eigenvalue weighted by Gasteiger charge is 2.47. The SMILES string of the molecule is COCC1OC(N2CCC(=O)NC2=O)C(O)C1O.